The van der Waals surface area contributed by atoms with Crippen molar-refractivity contribution < 1.29 is 14.3 Å². The SMILES string of the molecule is O=C(CN1C(=O)C(=Cc2ccccc2Br)Oc2ccccc21)NC1CCCCC1. The Hall–Kier alpha value is -2.60. The molecule has 1 N–H and O–H groups in total. The van der Waals surface area contributed by atoms with Crippen LogP contribution >= 0.6 is 15.9 Å². The summed E-state index contributed by atoms with van der Waals surface area (Å²) in [6, 6.07) is 15.1. The van der Waals surface area contributed by atoms with Crippen LogP contribution in [0.5, 0.6) is 5.75 Å². The van der Waals surface area contributed by atoms with Crippen LogP contribution in [0.25, 0.3) is 6.08 Å². The molecular formula is C23H23BrN2O3. The first-order valence-corrected chi connectivity index (χ1v) is 10.8. The largest absolute Gasteiger partial charge is 0.449 e. The number of halogens is 1. The zero-order valence-electron chi connectivity index (χ0n) is 16.1. The highest BCUT2D eigenvalue weighted by Gasteiger charge is 2.32. The maximum Gasteiger partial charge on any atom is 0.294 e. The maximum absolute atomic E-state index is 13.2. The molecule has 0 saturated heterocycles. The summed E-state index contributed by atoms with van der Waals surface area (Å²) >= 11 is 3.50. The predicted molar refractivity (Wildman–Crippen MR) is 117 cm³/mol. The van der Waals surface area contributed by atoms with Crippen molar-refractivity contribution in [2.24, 2.45) is 0 Å². The van der Waals surface area contributed by atoms with E-state index < -0.39 is 0 Å². The van der Waals surface area contributed by atoms with E-state index in [0.29, 0.717) is 11.4 Å². The van der Waals surface area contributed by atoms with Gasteiger partial charge >= 0.3 is 0 Å². The van der Waals surface area contributed by atoms with Crippen LogP contribution in [-0.2, 0) is 9.59 Å². The lowest BCUT2D eigenvalue weighted by atomic mass is 9.95. The van der Waals surface area contributed by atoms with Gasteiger partial charge in [-0.2, -0.15) is 0 Å². The Kier molecular flexibility index (Phi) is 6.00. The third-order valence-corrected chi connectivity index (χ3v) is 6.02. The molecule has 4 rings (SSSR count). The topological polar surface area (TPSA) is 58.6 Å². The third-order valence-electron chi connectivity index (χ3n) is 5.30. The Balaban J connectivity index is 1.59. The first-order chi connectivity index (χ1) is 14.1. The van der Waals surface area contributed by atoms with Crippen molar-refractivity contribution in [1.29, 1.82) is 0 Å². The van der Waals surface area contributed by atoms with Crippen LogP contribution in [0.1, 0.15) is 37.7 Å². The van der Waals surface area contributed by atoms with Crippen molar-refractivity contribution in [1.82, 2.24) is 5.32 Å². The van der Waals surface area contributed by atoms with Gasteiger partial charge in [-0.05, 0) is 42.7 Å². The Morgan fingerprint density at radius 1 is 1.10 bits per heavy atom. The Labute approximate surface area is 178 Å². The van der Waals surface area contributed by atoms with Gasteiger partial charge in [-0.15, -0.1) is 0 Å². The minimum atomic E-state index is -0.321. The molecule has 0 spiro atoms. The van der Waals surface area contributed by atoms with Crippen LogP contribution in [0, 0.1) is 0 Å². The van der Waals surface area contributed by atoms with Gasteiger partial charge in [0.1, 0.15) is 6.54 Å². The van der Waals surface area contributed by atoms with Crippen LogP contribution in [0.15, 0.2) is 58.8 Å². The highest BCUT2D eigenvalue weighted by molar-refractivity contribution is 9.10. The average Bonchev–Trinajstić information content (AvgIpc) is 2.73. The number of nitrogens with one attached hydrogen (secondary N) is 1. The number of rotatable bonds is 4. The van der Waals surface area contributed by atoms with Crippen molar-refractivity contribution >= 4 is 39.5 Å². The molecule has 0 bridgehead atoms. The number of nitrogens with zero attached hydrogens (tertiary/aromatic N) is 1. The van der Waals surface area contributed by atoms with E-state index in [0.717, 1.165) is 35.7 Å². The zero-order valence-corrected chi connectivity index (χ0v) is 17.7. The number of para-hydroxylation sites is 2. The molecule has 0 aromatic heterocycles. The van der Waals surface area contributed by atoms with Gasteiger partial charge in [0.2, 0.25) is 5.91 Å². The maximum atomic E-state index is 13.2. The fourth-order valence-electron chi connectivity index (χ4n) is 3.82. The molecule has 2 amide bonds. The normalized spacial score (nSPS) is 18.3. The molecule has 5 nitrogen and oxygen atoms in total. The van der Waals surface area contributed by atoms with Crippen molar-refractivity contribution in [3.8, 4) is 5.75 Å². The summed E-state index contributed by atoms with van der Waals surface area (Å²) in [6.45, 7) is -0.0248. The van der Waals surface area contributed by atoms with Crippen molar-refractivity contribution in [2.75, 3.05) is 11.4 Å². The van der Waals surface area contributed by atoms with Crippen LogP contribution in [-0.4, -0.2) is 24.4 Å². The second-order valence-corrected chi connectivity index (χ2v) is 8.25. The van der Waals surface area contributed by atoms with E-state index in [9.17, 15) is 9.59 Å². The van der Waals surface area contributed by atoms with Crippen LogP contribution in [0.3, 0.4) is 0 Å². The van der Waals surface area contributed by atoms with Crippen molar-refractivity contribution in [3.05, 3.63) is 64.3 Å². The number of benzene rings is 2. The van der Waals surface area contributed by atoms with E-state index in [4.69, 9.17) is 4.74 Å². The van der Waals surface area contributed by atoms with E-state index in [-0.39, 0.29) is 30.2 Å². The number of anilines is 1. The van der Waals surface area contributed by atoms with Crippen LogP contribution in [0.2, 0.25) is 0 Å². The minimum absolute atomic E-state index is 0.0248. The second-order valence-electron chi connectivity index (χ2n) is 7.39. The molecule has 1 aliphatic carbocycles. The molecule has 0 atom stereocenters. The first kappa shape index (κ1) is 19.7. The summed E-state index contributed by atoms with van der Waals surface area (Å²) < 4.78 is 6.75. The van der Waals surface area contributed by atoms with Gasteiger partial charge in [0.25, 0.3) is 5.91 Å². The zero-order chi connectivity index (χ0) is 20.2. The Bertz CT molecular complexity index is 951. The van der Waals surface area contributed by atoms with Crippen molar-refractivity contribution in [3.63, 3.8) is 0 Å². The highest BCUT2D eigenvalue weighted by Crippen LogP contribution is 2.36. The number of carbonyl (C=O) groups is 2. The third kappa shape index (κ3) is 4.53. The molecular weight excluding hydrogens is 432 g/mol. The van der Waals surface area contributed by atoms with Gasteiger partial charge in [0.15, 0.2) is 11.5 Å². The molecule has 1 heterocycles. The molecule has 150 valence electrons. The number of amides is 2. The highest BCUT2D eigenvalue weighted by atomic mass is 79.9. The minimum Gasteiger partial charge on any atom is -0.449 e. The van der Waals surface area contributed by atoms with E-state index in [1.807, 2.05) is 42.5 Å². The monoisotopic (exact) mass is 454 g/mol. The molecule has 1 saturated carbocycles. The number of hydrogen-bond donors (Lipinski definition) is 1. The van der Waals surface area contributed by atoms with Gasteiger partial charge in [0.05, 0.1) is 5.69 Å². The predicted octanol–water partition coefficient (Wildman–Crippen LogP) is 4.66. The van der Waals surface area contributed by atoms with Gasteiger partial charge in [-0.1, -0.05) is 65.5 Å². The number of fused-ring (bicyclic) bond motifs is 1. The average molecular weight is 455 g/mol. The summed E-state index contributed by atoms with van der Waals surface area (Å²) in [7, 11) is 0. The number of ether oxygens (including phenoxy) is 1. The van der Waals surface area contributed by atoms with E-state index in [1.54, 1.807) is 12.1 Å². The smallest absolute Gasteiger partial charge is 0.294 e. The Morgan fingerprint density at radius 2 is 1.83 bits per heavy atom. The van der Waals surface area contributed by atoms with Gasteiger partial charge in [-0.3, -0.25) is 14.5 Å². The molecule has 2 aliphatic rings. The van der Waals surface area contributed by atoms with Crippen LogP contribution < -0.4 is 15.0 Å². The molecule has 1 aliphatic heterocycles. The van der Waals surface area contributed by atoms with Crippen LogP contribution in [0.4, 0.5) is 5.69 Å². The number of hydrogen-bond acceptors (Lipinski definition) is 3. The van der Waals surface area contributed by atoms with E-state index >= 15 is 0 Å². The van der Waals surface area contributed by atoms with Crippen molar-refractivity contribution in [2.45, 2.75) is 38.1 Å². The molecule has 6 heteroatoms. The fraction of sp³-hybridized carbons (Fsp3) is 0.304. The first-order valence-electron chi connectivity index (χ1n) is 9.96. The van der Waals surface area contributed by atoms with E-state index in [1.165, 1.54) is 11.3 Å². The summed E-state index contributed by atoms with van der Waals surface area (Å²) in [5.74, 6) is 0.303. The van der Waals surface area contributed by atoms with Gasteiger partial charge in [-0.25, -0.2) is 0 Å². The lowest BCUT2D eigenvalue weighted by molar-refractivity contribution is -0.124. The standard InChI is InChI=1S/C23H23BrN2O3/c24-18-11-5-4-8-16(18)14-21-23(28)26(19-12-6-7-13-20(19)29-21)15-22(27)25-17-9-2-1-3-10-17/h4-8,11-14,17H,1-3,9-10,15H2,(H,25,27). The molecule has 2 aromatic rings. The van der Waals surface area contributed by atoms with Gasteiger partial charge < -0.3 is 10.1 Å². The molecule has 29 heavy (non-hydrogen) atoms. The van der Waals surface area contributed by atoms with E-state index in [2.05, 4.69) is 21.2 Å². The van der Waals surface area contributed by atoms with Gasteiger partial charge in [0, 0.05) is 10.5 Å². The second kappa shape index (κ2) is 8.82. The summed E-state index contributed by atoms with van der Waals surface area (Å²) in [4.78, 5) is 27.3. The summed E-state index contributed by atoms with van der Waals surface area (Å²) in [6.07, 6.45) is 7.23. The lowest BCUT2D eigenvalue weighted by Crippen LogP contribution is -2.47. The Morgan fingerprint density at radius 3 is 2.62 bits per heavy atom. The molecule has 0 radical (unpaired) electrons. The summed E-state index contributed by atoms with van der Waals surface area (Å²) in [5.41, 5.74) is 1.45. The fourth-order valence-corrected chi connectivity index (χ4v) is 4.22. The quantitative estimate of drug-likeness (QED) is 0.683. The molecule has 0 unspecified atom stereocenters. The lowest BCUT2D eigenvalue weighted by Gasteiger charge is -2.31. The summed E-state index contributed by atoms with van der Waals surface area (Å²) in [5, 5.41) is 3.09. The number of carbonyl (C=O) groups excluding carboxylic acids is 2. The molecule has 2 aromatic carbocycles. The molecule has 1 fully saturated rings.